The topological polar surface area (TPSA) is 58.6 Å². The third-order valence-electron chi connectivity index (χ3n) is 3.40. The molecular formula is C15H17F3N2O3. The van der Waals surface area contributed by atoms with Gasteiger partial charge in [-0.15, -0.1) is 0 Å². The maximum Gasteiger partial charge on any atom is 0.416 e. The molecule has 1 saturated heterocycles. The highest BCUT2D eigenvalue weighted by Crippen LogP contribution is 2.31. The SMILES string of the molecule is CC1(C)NC(=O)N(CCCOc2cccc(C(F)(F)F)c2)C1=O. The molecule has 2 rings (SSSR count). The fourth-order valence-corrected chi connectivity index (χ4v) is 2.20. The van der Waals surface area contributed by atoms with E-state index in [1.165, 1.54) is 12.1 Å². The Hall–Kier alpha value is -2.25. The zero-order chi connectivity index (χ0) is 17.3. The van der Waals surface area contributed by atoms with E-state index in [1.54, 1.807) is 13.8 Å². The fourth-order valence-electron chi connectivity index (χ4n) is 2.20. The Morgan fingerprint density at radius 1 is 1.26 bits per heavy atom. The zero-order valence-electron chi connectivity index (χ0n) is 12.7. The highest BCUT2D eigenvalue weighted by molar-refractivity contribution is 6.06. The predicted molar refractivity (Wildman–Crippen MR) is 75.9 cm³/mol. The standard InChI is InChI=1S/C15H17F3N2O3/c1-14(2)12(21)20(13(22)19-14)7-4-8-23-11-6-3-5-10(9-11)15(16,17)18/h3,5-6,9H,4,7-8H2,1-2H3,(H,19,22). The molecule has 1 N–H and O–H groups in total. The Bertz CT molecular complexity index is 614. The van der Waals surface area contributed by atoms with Crippen molar-refractivity contribution in [3.05, 3.63) is 29.8 Å². The normalized spacial score (nSPS) is 17.3. The molecule has 3 amide bonds. The van der Waals surface area contributed by atoms with Crippen LogP contribution in [0.25, 0.3) is 0 Å². The average Bonchev–Trinajstić information content (AvgIpc) is 2.64. The van der Waals surface area contributed by atoms with Gasteiger partial charge in [0.05, 0.1) is 12.2 Å². The van der Waals surface area contributed by atoms with Gasteiger partial charge in [-0.1, -0.05) is 6.07 Å². The van der Waals surface area contributed by atoms with Gasteiger partial charge in [0.1, 0.15) is 11.3 Å². The van der Waals surface area contributed by atoms with Crippen molar-refractivity contribution in [1.82, 2.24) is 10.2 Å². The van der Waals surface area contributed by atoms with E-state index in [0.29, 0.717) is 6.42 Å². The summed E-state index contributed by atoms with van der Waals surface area (Å²) in [6.07, 6.45) is -4.10. The lowest BCUT2D eigenvalue weighted by molar-refractivity contribution is -0.137. The molecule has 0 atom stereocenters. The van der Waals surface area contributed by atoms with Gasteiger partial charge in [0.25, 0.3) is 5.91 Å². The molecule has 0 bridgehead atoms. The quantitative estimate of drug-likeness (QED) is 0.667. The van der Waals surface area contributed by atoms with Crippen LogP contribution in [0.3, 0.4) is 0 Å². The van der Waals surface area contributed by atoms with Crippen molar-refractivity contribution < 1.29 is 27.5 Å². The predicted octanol–water partition coefficient (Wildman–Crippen LogP) is 2.80. The smallest absolute Gasteiger partial charge is 0.416 e. The van der Waals surface area contributed by atoms with E-state index in [0.717, 1.165) is 17.0 Å². The van der Waals surface area contributed by atoms with E-state index in [-0.39, 0.29) is 24.8 Å². The summed E-state index contributed by atoms with van der Waals surface area (Å²) in [7, 11) is 0. The number of imide groups is 1. The van der Waals surface area contributed by atoms with Gasteiger partial charge >= 0.3 is 12.2 Å². The number of hydrogen-bond acceptors (Lipinski definition) is 3. The van der Waals surface area contributed by atoms with Crippen LogP contribution in [0, 0.1) is 0 Å². The second kappa shape index (κ2) is 6.10. The number of ether oxygens (including phenoxy) is 1. The van der Waals surface area contributed by atoms with Crippen molar-refractivity contribution in [3.63, 3.8) is 0 Å². The van der Waals surface area contributed by atoms with Crippen molar-refractivity contribution in [2.24, 2.45) is 0 Å². The van der Waals surface area contributed by atoms with E-state index >= 15 is 0 Å². The average molecular weight is 330 g/mol. The minimum Gasteiger partial charge on any atom is -0.494 e. The number of halogens is 3. The number of carbonyl (C=O) groups excluding carboxylic acids is 2. The first-order valence-electron chi connectivity index (χ1n) is 7.05. The number of nitrogens with one attached hydrogen (secondary N) is 1. The van der Waals surface area contributed by atoms with Gasteiger partial charge in [-0.2, -0.15) is 13.2 Å². The molecule has 8 heteroatoms. The molecule has 1 fully saturated rings. The van der Waals surface area contributed by atoms with Crippen LogP contribution in [0.5, 0.6) is 5.75 Å². The molecule has 1 heterocycles. The number of carbonyl (C=O) groups is 2. The second-order valence-corrected chi connectivity index (χ2v) is 5.74. The van der Waals surface area contributed by atoms with Crippen LogP contribution in [0.15, 0.2) is 24.3 Å². The highest BCUT2D eigenvalue weighted by atomic mass is 19.4. The maximum absolute atomic E-state index is 12.6. The molecular weight excluding hydrogens is 313 g/mol. The van der Waals surface area contributed by atoms with Crippen LogP contribution in [-0.2, 0) is 11.0 Å². The van der Waals surface area contributed by atoms with Crippen molar-refractivity contribution in [2.45, 2.75) is 32.0 Å². The summed E-state index contributed by atoms with van der Waals surface area (Å²) in [6, 6.07) is 4.09. The maximum atomic E-state index is 12.6. The van der Waals surface area contributed by atoms with Gasteiger partial charge in [-0.3, -0.25) is 9.69 Å². The van der Waals surface area contributed by atoms with Crippen LogP contribution < -0.4 is 10.1 Å². The van der Waals surface area contributed by atoms with Crippen LogP contribution in [0.4, 0.5) is 18.0 Å². The number of urea groups is 1. The number of hydrogen-bond donors (Lipinski definition) is 1. The Morgan fingerprint density at radius 2 is 1.96 bits per heavy atom. The Morgan fingerprint density at radius 3 is 2.52 bits per heavy atom. The number of rotatable bonds is 5. The minimum absolute atomic E-state index is 0.0948. The number of benzene rings is 1. The summed E-state index contributed by atoms with van der Waals surface area (Å²) in [6.45, 7) is 3.45. The molecule has 0 unspecified atom stereocenters. The molecule has 1 aromatic rings. The van der Waals surface area contributed by atoms with E-state index in [4.69, 9.17) is 4.74 Å². The van der Waals surface area contributed by atoms with Crippen molar-refractivity contribution in [3.8, 4) is 5.75 Å². The van der Waals surface area contributed by atoms with Crippen LogP contribution >= 0.6 is 0 Å². The monoisotopic (exact) mass is 330 g/mol. The highest BCUT2D eigenvalue weighted by Gasteiger charge is 2.43. The lowest BCUT2D eigenvalue weighted by Crippen LogP contribution is -2.40. The third kappa shape index (κ3) is 3.94. The second-order valence-electron chi connectivity index (χ2n) is 5.74. The molecule has 23 heavy (non-hydrogen) atoms. The summed E-state index contributed by atoms with van der Waals surface area (Å²) in [5, 5.41) is 2.55. The van der Waals surface area contributed by atoms with Gasteiger partial charge < -0.3 is 10.1 Å². The molecule has 0 radical (unpaired) electrons. The molecule has 1 aromatic carbocycles. The molecule has 0 saturated carbocycles. The Labute approximate surface area is 131 Å². The Kier molecular flexibility index (Phi) is 4.53. The zero-order valence-corrected chi connectivity index (χ0v) is 12.7. The first kappa shape index (κ1) is 17.1. The first-order chi connectivity index (χ1) is 10.6. The van der Waals surface area contributed by atoms with Gasteiger partial charge in [0, 0.05) is 6.54 Å². The molecule has 1 aliphatic heterocycles. The van der Waals surface area contributed by atoms with E-state index < -0.39 is 23.3 Å². The lowest BCUT2D eigenvalue weighted by Gasteiger charge is -2.16. The fraction of sp³-hybridized carbons (Fsp3) is 0.467. The van der Waals surface area contributed by atoms with E-state index in [2.05, 4.69) is 5.32 Å². The molecule has 1 aliphatic rings. The number of alkyl halides is 3. The van der Waals surface area contributed by atoms with Gasteiger partial charge in [0.2, 0.25) is 0 Å². The van der Waals surface area contributed by atoms with Crippen molar-refractivity contribution in [2.75, 3.05) is 13.2 Å². The van der Waals surface area contributed by atoms with Gasteiger partial charge in [-0.05, 0) is 38.5 Å². The Balaban J connectivity index is 1.85. The largest absolute Gasteiger partial charge is 0.494 e. The van der Waals surface area contributed by atoms with Crippen molar-refractivity contribution in [1.29, 1.82) is 0 Å². The summed E-state index contributed by atoms with van der Waals surface area (Å²) >= 11 is 0. The van der Waals surface area contributed by atoms with Crippen LogP contribution in [-0.4, -0.2) is 35.5 Å². The summed E-state index contributed by atoms with van der Waals surface area (Å²) in [5.41, 5.74) is -1.72. The van der Waals surface area contributed by atoms with Crippen molar-refractivity contribution >= 4 is 11.9 Å². The van der Waals surface area contributed by atoms with Crippen LogP contribution in [0.2, 0.25) is 0 Å². The summed E-state index contributed by atoms with van der Waals surface area (Å²) in [5.74, 6) is -0.237. The minimum atomic E-state index is -4.43. The third-order valence-corrected chi connectivity index (χ3v) is 3.40. The van der Waals surface area contributed by atoms with E-state index in [1.807, 2.05) is 0 Å². The molecule has 0 spiro atoms. The summed E-state index contributed by atoms with van der Waals surface area (Å²) < 4.78 is 43.0. The molecule has 126 valence electrons. The summed E-state index contributed by atoms with van der Waals surface area (Å²) in [4.78, 5) is 24.7. The number of nitrogens with zero attached hydrogens (tertiary/aromatic N) is 1. The van der Waals surface area contributed by atoms with E-state index in [9.17, 15) is 22.8 Å². The van der Waals surface area contributed by atoms with Crippen LogP contribution in [0.1, 0.15) is 25.8 Å². The molecule has 0 aromatic heterocycles. The van der Waals surface area contributed by atoms with Gasteiger partial charge in [-0.25, -0.2) is 4.79 Å². The lowest BCUT2D eigenvalue weighted by atomic mass is 10.1. The van der Waals surface area contributed by atoms with Gasteiger partial charge in [0.15, 0.2) is 0 Å². The molecule has 5 nitrogen and oxygen atoms in total. The number of amides is 3. The molecule has 0 aliphatic carbocycles. The first-order valence-corrected chi connectivity index (χ1v) is 7.05.